The summed E-state index contributed by atoms with van der Waals surface area (Å²) in [7, 11) is 0. The maximum Gasteiger partial charge on any atom is 0.254 e. The number of amides is 1. The van der Waals surface area contributed by atoms with E-state index in [1.165, 1.54) is 5.56 Å². The van der Waals surface area contributed by atoms with E-state index in [4.69, 9.17) is 0 Å². The monoisotopic (exact) mass is 332 g/mol. The third-order valence-electron chi connectivity index (χ3n) is 5.03. The van der Waals surface area contributed by atoms with Crippen LogP contribution in [0, 0.1) is 13.8 Å². The molecule has 1 N–H and O–H groups in total. The van der Waals surface area contributed by atoms with E-state index in [1.54, 1.807) is 0 Å². The minimum atomic E-state index is -0.0592. The van der Waals surface area contributed by atoms with Gasteiger partial charge in [0.1, 0.15) is 0 Å². The van der Waals surface area contributed by atoms with Crippen molar-refractivity contribution in [3.8, 4) is 0 Å². The number of carbonyl (C=O) groups excluding carboxylic acids is 1. The number of pyridine rings is 1. The molecule has 1 amide bonds. The number of rotatable bonds is 1. The third-order valence-corrected chi connectivity index (χ3v) is 5.03. The summed E-state index contributed by atoms with van der Waals surface area (Å²) in [6.45, 7) is 5.08. The first-order valence-corrected chi connectivity index (χ1v) is 8.53. The zero-order valence-electron chi connectivity index (χ0n) is 14.4. The minimum Gasteiger partial charge on any atom is -0.334 e. The van der Waals surface area contributed by atoms with Crippen molar-refractivity contribution in [1.82, 2.24) is 9.88 Å². The molecular weight excluding hydrogens is 312 g/mol. The van der Waals surface area contributed by atoms with Crippen molar-refractivity contribution in [1.29, 1.82) is 0 Å². The van der Waals surface area contributed by atoms with E-state index in [0.717, 1.165) is 39.6 Å². The van der Waals surface area contributed by atoms with Gasteiger partial charge in [-0.15, -0.1) is 0 Å². The van der Waals surface area contributed by atoms with Crippen molar-refractivity contribution < 1.29 is 4.79 Å². The van der Waals surface area contributed by atoms with E-state index in [1.807, 2.05) is 55.1 Å². The fourth-order valence-corrected chi connectivity index (χ4v) is 3.53. The van der Waals surface area contributed by atoms with Gasteiger partial charge in [-0.25, -0.2) is 0 Å². The van der Waals surface area contributed by atoms with Crippen LogP contribution >= 0.6 is 0 Å². The number of aromatic nitrogens is 1. The van der Waals surface area contributed by atoms with E-state index < -0.39 is 0 Å². The number of nitrogens with zero attached hydrogens (tertiary/aromatic N) is 1. The largest absolute Gasteiger partial charge is 0.334 e. The number of hydrogen-bond donors (Lipinski definition) is 1. The second-order valence-electron chi connectivity index (χ2n) is 6.78. The predicted octanol–water partition coefficient (Wildman–Crippen LogP) is 3.34. The summed E-state index contributed by atoms with van der Waals surface area (Å²) in [5.41, 5.74) is 5.62. The first-order valence-electron chi connectivity index (χ1n) is 8.53. The molecule has 4 nitrogen and oxygen atoms in total. The Bertz CT molecular complexity index is 1050. The topological polar surface area (TPSA) is 53.2 Å². The summed E-state index contributed by atoms with van der Waals surface area (Å²) in [5.74, 6) is 0.0706. The smallest absolute Gasteiger partial charge is 0.254 e. The van der Waals surface area contributed by atoms with Crippen LogP contribution in [0.25, 0.3) is 10.9 Å². The Balaban J connectivity index is 1.70. The van der Waals surface area contributed by atoms with Crippen LogP contribution in [0.5, 0.6) is 0 Å². The highest BCUT2D eigenvalue weighted by Crippen LogP contribution is 2.25. The number of H-pyrrole nitrogens is 1. The molecule has 1 aliphatic rings. The molecule has 0 bridgehead atoms. The molecular formula is C21H20N2O2. The number of carbonyl (C=O) groups is 1. The van der Waals surface area contributed by atoms with Crippen LogP contribution in [0.4, 0.5) is 0 Å². The van der Waals surface area contributed by atoms with Crippen molar-refractivity contribution in [2.24, 2.45) is 0 Å². The zero-order valence-corrected chi connectivity index (χ0v) is 14.4. The van der Waals surface area contributed by atoms with Gasteiger partial charge in [-0.05, 0) is 66.6 Å². The molecule has 0 saturated carbocycles. The second-order valence-corrected chi connectivity index (χ2v) is 6.78. The van der Waals surface area contributed by atoms with Gasteiger partial charge in [-0.3, -0.25) is 9.59 Å². The van der Waals surface area contributed by atoms with Crippen molar-refractivity contribution in [2.75, 3.05) is 6.54 Å². The standard InChI is InChI=1S/C21H20N2O2/c1-13-5-3-4-6-18(13)21(25)23-8-7-15-10-16-9-14(2)20(24)22-19(16)11-17(15)12-23/h3-6,9-11H,7-8,12H2,1-2H3,(H,22,24). The fourth-order valence-electron chi connectivity index (χ4n) is 3.53. The molecule has 0 spiro atoms. The SMILES string of the molecule is Cc1ccccc1C(=O)N1CCc2cc3cc(C)c(=O)[nH]c3cc2C1. The van der Waals surface area contributed by atoms with Crippen molar-refractivity contribution in [2.45, 2.75) is 26.8 Å². The first kappa shape index (κ1) is 15.6. The van der Waals surface area contributed by atoms with Crippen LogP contribution in [0.2, 0.25) is 0 Å². The first-order chi connectivity index (χ1) is 12.0. The summed E-state index contributed by atoms with van der Waals surface area (Å²) in [4.78, 5) is 29.6. The van der Waals surface area contributed by atoms with Crippen LogP contribution in [0.15, 0.2) is 47.3 Å². The lowest BCUT2D eigenvalue weighted by Crippen LogP contribution is -2.36. The lowest BCUT2D eigenvalue weighted by atomic mass is 9.96. The van der Waals surface area contributed by atoms with Crippen LogP contribution in [0.1, 0.15) is 32.6 Å². The molecule has 1 aliphatic heterocycles. The molecule has 1 aromatic heterocycles. The normalized spacial score (nSPS) is 13.8. The molecule has 0 unspecified atom stereocenters. The number of fused-ring (bicyclic) bond motifs is 2. The van der Waals surface area contributed by atoms with Crippen LogP contribution in [-0.4, -0.2) is 22.3 Å². The molecule has 2 heterocycles. The van der Waals surface area contributed by atoms with E-state index in [-0.39, 0.29) is 11.5 Å². The third kappa shape index (κ3) is 2.74. The Hall–Kier alpha value is -2.88. The average molecular weight is 332 g/mol. The molecule has 3 aromatic rings. The number of benzene rings is 2. The van der Waals surface area contributed by atoms with Gasteiger partial charge in [0.05, 0.1) is 0 Å². The lowest BCUT2D eigenvalue weighted by Gasteiger charge is -2.29. The summed E-state index contributed by atoms with van der Waals surface area (Å²) in [6, 6.07) is 13.8. The summed E-state index contributed by atoms with van der Waals surface area (Å²) < 4.78 is 0. The highest BCUT2D eigenvalue weighted by Gasteiger charge is 2.23. The van der Waals surface area contributed by atoms with Gasteiger partial charge >= 0.3 is 0 Å². The van der Waals surface area contributed by atoms with Gasteiger partial charge in [0.2, 0.25) is 0 Å². The van der Waals surface area contributed by atoms with E-state index in [0.29, 0.717) is 13.1 Å². The molecule has 2 aromatic carbocycles. The Kier molecular flexibility index (Phi) is 3.68. The molecule has 25 heavy (non-hydrogen) atoms. The maximum absolute atomic E-state index is 12.9. The molecule has 0 saturated heterocycles. The van der Waals surface area contributed by atoms with Gasteiger partial charge in [-0.1, -0.05) is 18.2 Å². The molecule has 0 radical (unpaired) electrons. The fraction of sp³-hybridized carbons (Fsp3) is 0.238. The molecule has 126 valence electrons. The molecule has 0 atom stereocenters. The van der Waals surface area contributed by atoms with Gasteiger partial charge in [-0.2, -0.15) is 0 Å². The molecule has 4 heteroatoms. The number of aromatic amines is 1. The van der Waals surface area contributed by atoms with Crippen LogP contribution in [-0.2, 0) is 13.0 Å². The highest BCUT2D eigenvalue weighted by atomic mass is 16.2. The quantitative estimate of drug-likeness (QED) is 0.743. The summed E-state index contributed by atoms with van der Waals surface area (Å²) in [6.07, 6.45) is 0.834. The number of aryl methyl sites for hydroxylation is 2. The van der Waals surface area contributed by atoms with Gasteiger partial charge in [0.15, 0.2) is 0 Å². The Morgan fingerprint density at radius 2 is 1.84 bits per heavy atom. The van der Waals surface area contributed by atoms with E-state index >= 15 is 0 Å². The van der Waals surface area contributed by atoms with Gasteiger partial charge in [0.25, 0.3) is 11.5 Å². The van der Waals surface area contributed by atoms with Crippen molar-refractivity contribution in [3.63, 3.8) is 0 Å². The number of hydrogen-bond acceptors (Lipinski definition) is 2. The Morgan fingerprint density at radius 3 is 2.64 bits per heavy atom. The van der Waals surface area contributed by atoms with Crippen LogP contribution < -0.4 is 5.56 Å². The van der Waals surface area contributed by atoms with Crippen LogP contribution in [0.3, 0.4) is 0 Å². The van der Waals surface area contributed by atoms with Crippen molar-refractivity contribution >= 4 is 16.8 Å². The lowest BCUT2D eigenvalue weighted by molar-refractivity contribution is 0.0734. The maximum atomic E-state index is 12.9. The predicted molar refractivity (Wildman–Crippen MR) is 98.9 cm³/mol. The molecule has 4 rings (SSSR count). The summed E-state index contributed by atoms with van der Waals surface area (Å²) in [5, 5.41) is 1.05. The van der Waals surface area contributed by atoms with E-state index in [9.17, 15) is 9.59 Å². The van der Waals surface area contributed by atoms with Crippen molar-refractivity contribution in [3.05, 3.63) is 80.6 Å². The minimum absolute atomic E-state index is 0.0592. The Morgan fingerprint density at radius 1 is 1.04 bits per heavy atom. The van der Waals surface area contributed by atoms with E-state index in [2.05, 4.69) is 11.1 Å². The summed E-state index contributed by atoms with van der Waals surface area (Å²) >= 11 is 0. The number of nitrogens with one attached hydrogen (secondary N) is 1. The Labute approximate surface area is 146 Å². The average Bonchev–Trinajstić information content (AvgIpc) is 2.60. The van der Waals surface area contributed by atoms with Gasteiger partial charge < -0.3 is 9.88 Å². The molecule has 0 aliphatic carbocycles. The van der Waals surface area contributed by atoms with Gasteiger partial charge in [0, 0.05) is 29.7 Å². The molecule has 0 fully saturated rings. The zero-order chi connectivity index (χ0) is 17.6. The second kappa shape index (κ2) is 5.88. The highest BCUT2D eigenvalue weighted by molar-refractivity contribution is 5.95.